The molecule has 0 atom stereocenters. The molecule has 1 aromatic carbocycles. The van der Waals surface area contributed by atoms with E-state index < -0.39 is 0 Å². The molecule has 2 N–H and O–H groups in total. The van der Waals surface area contributed by atoms with Gasteiger partial charge in [-0.15, -0.1) is 0 Å². The van der Waals surface area contributed by atoms with E-state index in [-0.39, 0.29) is 25.9 Å². The second-order valence-electron chi connectivity index (χ2n) is 4.62. The number of hydrogen-bond donors (Lipinski definition) is 2. The average Bonchev–Trinajstić information content (AvgIpc) is 2.86. The van der Waals surface area contributed by atoms with Crippen molar-refractivity contribution in [2.75, 3.05) is 38.4 Å². The van der Waals surface area contributed by atoms with Crippen molar-refractivity contribution in [3.63, 3.8) is 0 Å². The predicted molar refractivity (Wildman–Crippen MR) is 75.0 cm³/mol. The summed E-state index contributed by atoms with van der Waals surface area (Å²) in [6.45, 7) is 3.87. The van der Waals surface area contributed by atoms with Crippen LogP contribution >= 0.6 is 0 Å². The van der Waals surface area contributed by atoms with Crippen LogP contribution in [-0.2, 0) is 4.79 Å². The highest BCUT2D eigenvalue weighted by Crippen LogP contribution is 2.34. The summed E-state index contributed by atoms with van der Waals surface area (Å²) in [6.07, 6.45) is 0.942. The quantitative estimate of drug-likeness (QED) is 0.781. The fourth-order valence-electron chi connectivity index (χ4n) is 2.11. The van der Waals surface area contributed by atoms with Crippen LogP contribution in [0, 0.1) is 0 Å². The standard InChI is InChI=1S/C14H20N2O4/c1-2-5-16(6-7-17)9-14(18)15-11-3-4-12-13(8-11)20-10-19-12/h3-4,8,17H,2,5-7,9-10H2,1H3,(H,15,18). The van der Waals surface area contributed by atoms with E-state index in [0.29, 0.717) is 23.7 Å². The molecule has 0 saturated heterocycles. The number of carbonyl (C=O) groups is 1. The van der Waals surface area contributed by atoms with Gasteiger partial charge in [-0.25, -0.2) is 0 Å². The van der Waals surface area contributed by atoms with Crippen LogP contribution < -0.4 is 14.8 Å². The van der Waals surface area contributed by atoms with Gasteiger partial charge < -0.3 is 19.9 Å². The zero-order valence-corrected chi connectivity index (χ0v) is 11.6. The first-order chi connectivity index (χ1) is 9.72. The minimum atomic E-state index is -0.106. The summed E-state index contributed by atoms with van der Waals surface area (Å²) in [5.74, 6) is 1.23. The highest BCUT2D eigenvalue weighted by Gasteiger charge is 2.15. The van der Waals surface area contributed by atoms with Crippen molar-refractivity contribution in [1.82, 2.24) is 4.90 Å². The van der Waals surface area contributed by atoms with Crippen LogP contribution in [0.5, 0.6) is 11.5 Å². The third kappa shape index (κ3) is 3.85. The number of nitrogens with one attached hydrogen (secondary N) is 1. The van der Waals surface area contributed by atoms with Crippen LogP contribution in [0.15, 0.2) is 18.2 Å². The van der Waals surface area contributed by atoms with Crippen molar-refractivity contribution in [3.8, 4) is 11.5 Å². The number of aliphatic hydroxyl groups excluding tert-OH is 1. The molecule has 1 aliphatic heterocycles. The Morgan fingerprint density at radius 1 is 1.35 bits per heavy atom. The van der Waals surface area contributed by atoms with Crippen LogP contribution in [0.3, 0.4) is 0 Å². The minimum Gasteiger partial charge on any atom is -0.454 e. The van der Waals surface area contributed by atoms with E-state index in [4.69, 9.17) is 14.6 Å². The first-order valence-corrected chi connectivity index (χ1v) is 6.75. The van der Waals surface area contributed by atoms with Gasteiger partial charge >= 0.3 is 0 Å². The van der Waals surface area contributed by atoms with Crippen LogP contribution in [-0.4, -0.2) is 48.9 Å². The second kappa shape index (κ2) is 7.12. The summed E-state index contributed by atoms with van der Waals surface area (Å²) in [5.41, 5.74) is 0.680. The van der Waals surface area contributed by atoms with Gasteiger partial charge in [0.2, 0.25) is 12.7 Å². The van der Waals surface area contributed by atoms with Gasteiger partial charge in [-0.05, 0) is 25.1 Å². The van der Waals surface area contributed by atoms with Gasteiger partial charge in [0.25, 0.3) is 0 Å². The Labute approximate surface area is 118 Å². The molecule has 0 unspecified atom stereocenters. The van der Waals surface area contributed by atoms with Crippen molar-refractivity contribution >= 4 is 11.6 Å². The fourth-order valence-corrected chi connectivity index (χ4v) is 2.11. The number of anilines is 1. The molecule has 0 saturated carbocycles. The fraction of sp³-hybridized carbons (Fsp3) is 0.500. The first kappa shape index (κ1) is 14.6. The Kier molecular flexibility index (Phi) is 5.20. The lowest BCUT2D eigenvalue weighted by Gasteiger charge is -2.19. The van der Waals surface area contributed by atoms with Crippen molar-refractivity contribution in [3.05, 3.63) is 18.2 Å². The van der Waals surface area contributed by atoms with E-state index >= 15 is 0 Å². The smallest absolute Gasteiger partial charge is 0.238 e. The molecule has 6 nitrogen and oxygen atoms in total. The van der Waals surface area contributed by atoms with Crippen LogP contribution in [0.4, 0.5) is 5.69 Å². The molecule has 1 amide bonds. The van der Waals surface area contributed by atoms with E-state index in [9.17, 15) is 4.79 Å². The highest BCUT2D eigenvalue weighted by atomic mass is 16.7. The monoisotopic (exact) mass is 280 g/mol. The molecule has 0 radical (unpaired) electrons. The molecule has 1 heterocycles. The lowest BCUT2D eigenvalue weighted by molar-refractivity contribution is -0.117. The van der Waals surface area contributed by atoms with Gasteiger partial charge in [-0.2, -0.15) is 0 Å². The number of rotatable bonds is 7. The summed E-state index contributed by atoms with van der Waals surface area (Å²) in [6, 6.07) is 5.30. The molecule has 0 aromatic heterocycles. The maximum absolute atomic E-state index is 12.0. The third-order valence-corrected chi connectivity index (χ3v) is 2.98. The van der Waals surface area contributed by atoms with Gasteiger partial charge in [-0.3, -0.25) is 9.69 Å². The molecule has 2 rings (SSSR count). The lowest BCUT2D eigenvalue weighted by Crippen LogP contribution is -2.35. The third-order valence-electron chi connectivity index (χ3n) is 2.98. The van der Waals surface area contributed by atoms with Crippen LogP contribution in [0.1, 0.15) is 13.3 Å². The maximum Gasteiger partial charge on any atom is 0.238 e. The molecule has 0 bridgehead atoms. The predicted octanol–water partition coefficient (Wildman–Crippen LogP) is 1.06. The molecule has 1 aromatic rings. The number of carbonyl (C=O) groups excluding carboxylic acids is 1. The molecule has 20 heavy (non-hydrogen) atoms. The number of nitrogens with zero attached hydrogens (tertiary/aromatic N) is 1. The Morgan fingerprint density at radius 2 is 2.15 bits per heavy atom. The summed E-state index contributed by atoms with van der Waals surface area (Å²) in [7, 11) is 0. The second-order valence-corrected chi connectivity index (χ2v) is 4.62. The Hall–Kier alpha value is -1.79. The normalized spacial score (nSPS) is 12.8. The highest BCUT2D eigenvalue weighted by molar-refractivity contribution is 5.92. The number of ether oxygens (including phenoxy) is 2. The van der Waals surface area contributed by atoms with E-state index in [2.05, 4.69) is 5.32 Å². The topological polar surface area (TPSA) is 71.0 Å². The molecule has 0 spiro atoms. The van der Waals surface area contributed by atoms with E-state index in [1.807, 2.05) is 11.8 Å². The van der Waals surface area contributed by atoms with Crippen LogP contribution in [0.2, 0.25) is 0 Å². The molecule has 0 aliphatic carbocycles. The SMILES string of the molecule is CCCN(CCO)CC(=O)Nc1ccc2c(c1)OCO2. The number of amides is 1. The van der Waals surface area contributed by atoms with E-state index in [1.54, 1.807) is 18.2 Å². The lowest BCUT2D eigenvalue weighted by atomic mass is 10.2. The molecule has 1 aliphatic rings. The maximum atomic E-state index is 12.0. The zero-order valence-electron chi connectivity index (χ0n) is 11.6. The van der Waals surface area contributed by atoms with Gasteiger partial charge in [0.1, 0.15) is 0 Å². The minimum absolute atomic E-state index is 0.0529. The molecular formula is C14H20N2O4. The zero-order chi connectivity index (χ0) is 14.4. The Balaban J connectivity index is 1.90. The molecule has 110 valence electrons. The summed E-state index contributed by atoms with van der Waals surface area (Å²) in [5, 5.41) is 11.8. The Bertz CT molecular complexity index is 458. The summed E-state index contributed by atoms with van der Waals surface area (Å²) in [4.78, 5) is 13.9. The van der Waals surface area contributed by atoms with Gasteiger partial charge in [-0.1, -0.05) is 6.92 Å². The largest absolute Gasteiger partial charge is 0.454 e. The van der Waals surface area contributed by atoms with E-state index in [1.165, 1.54) is 0 Å². The van der Waals surface area contributed by atoms with Crippen molar-refractivity contribution in [1.29, 1.82) is 0 Å². The number of aliphatic hydroxyl groups is 1. The van der Waals surface area contributed by atoms with Gasteiger partial charge in [0.05, 0.1) is 13.2 Å². The Morgan fingerprint density at radius 3 is 2.90 bits per heavy atom. The van der Waals surface area contributed by atoms with Gasteiger partial charge in [0.15, 0.2) is 11.5 Å². The molecular weight excluding hydrogens is 260 g/mol. The van der Waals surface area contributed by atoms with Gasteiger partial charge in [0, 0.05) is 18.3 Å². The van der Waals surface area contributed by atoms with Crippen LogP contribution in [0.25, 0.3) is 0 Å². The van der Waals surface area contributed by atoms with Crippen molar-refractivity contribution in [2.24, 2.45) is 0 Å². The molecule has 6 heteroatoms. The number of fused-ring (bicyclic) bond motifs is 1. The average molecular weight is 280 g/mol. The first-order valence-electron chi connectivity index (χ1n) is 6.75. The number of hydrogen-bond acceptors (Lipinski definition) is 5. The molecule has 0 fully saturated rings. The summed E-state index contributed by atoms with van der Waals surface area (Å²) < 4.78 is 10.5. The number of benzene rings is 1. The van der Waals surface area contributed by atoms with Crippen molar-refractivity contribution < 1.29 is 19.4 Å². The van der Waals surface area contributed by atoms with Crippen molar-refractivity contribution in [2.45, 2.75) is 13.3 Å². The van der Waals surface area contributed by atoms with E-state index in [0.717, 1.165) is 13.0 Å². The summed E-state index contributed by atoms with van der Waals surface area (Å²) >= 11 is 0.